The lowest BCUT2D eigenvalue weighted by molar-refractivity contribution is -0.249. The summed E-state index contributed by atoms with van der Waals surface area (Å²) < 4.78 is 10.8. The van der Waals surface area contributed by atoms with Gasteiger partial charge >= 0.3 is 11.9 Å². The second-order valence-electron chi connectivity index (χ2n) is 6.03. The van der Waals surface area contributed by atoms with Gasteiger partial charge in [0.15, 0.2) is 0 Å². The lowest BCUT2D eigenvalue weighted by atomic mass is 9.93. The number of halogens is 1. The maximum Gasteiger partial charge on any atom is 0.354 e. The van der Waals surface area contributed by atoms with Crippen molar-refractivity contribution >= 4 is 29.2 Å². The number of ether oxygens (including phenoxy) is 2. The Kier molecular flexibility index (Phi) is 4.41. The zero-order valence-electron chi connectivity index (χ0n) is 13.2. The quantitative estimate of drug-likeness (QED) is 0.628. The molecule has 1 heterocycles. The summed E-state index contributed by atoms with van der Waals surface area (Å²) in [5, 5.41) is 13.0. The molecule has 0 saturated heterocycles. The number of esters is 1. The van der Waals surface area contributed by atoms with E-state index >= 15 is 0 Å². The average molecular weight is 352 g/mol. The van der Waals surface area contributed by atoms with Crippen molar-refractivity contribution in [2.24, 2.45) is 0 Å². The van der Waals surface area contributed by atoms with Gasteiger partial charge in [-0.05, 0) is 31.4 Å². The Balaban J connectivity index is 1.84. The topological polar surface area (TPSA) is 84.9 Å². The summed E-state index contributed by atoms with van der Waals surface area (Å²) in [7, 11) is 0. The molecule has 1 aromatic carbocycles. The van der Waals surface area contributed by atoms with E-state index in [1.807, 2.05) is 0 Å². The number of aliphatic hydroxyl groups excluding tert-OH is 1. The molecule has 7 heteroatoms. The Labute approximate surface area is 144 Å². The lowest BCUT2D eigenvalue weighted by Gasteiger charge is -2.38. The number of carbonyl (C=O) groups is 2. The van der Waals surface area contributed by atoms with Gasteiger partial charge in [-0.2, -0.15) is 0 Å². The number of aryl methyl sites for hydroxylation is 1. The van der Waals surface area contributed by atoms with E-state index in [0.29, 0.717) is 23.6 Å². The Hall–Kier alpha value is -2.21. The molecule has 0 radical (unpaired) electrons. The van der Waals surface area contributed by atoms with Gasteiger partial charge in [0.25, 0.3) is 11.7 Å². The van der Waals surface area contributed by atoms with Gasteiger partial charge < -0.3 is 19.9 Å². The monoisotopic (exact) mass is 351 g/mol. The van der Waals surface area contributed by atoms with Gasteiger partial charge in [0.2, 0.25) is 5.57 Å². The highest BCUT2D eigenvalue weighted by atomic mass is 35.5. The molecule has 1 spiro atoms. The van der Waals surface area contributed by atoms with Crippen LogP contribution in [-0.2, 0) is 19.1 Å². The minimum atomic E-state index is -1.15. The SMILES string of the molecule is Cc1cccc(Cl)c1NC(=O)C1=C(O)OC2(CCCCC2)OC1=O. The van der Waals surface area contributed by atoms with E-state index in [0.717, 1.165) is 24.8 Å². The molecule has 0 atom stereocenters. The van der Waals surface area contributed by atoms with Crippen LogP contribution in [0.3, 0.4) is 0 Å². The molecule has 1 saturated carbocycles. The van der Waals surface area contributed by atoms with Crippen molar-refractivity contribution in [3.05, 3.63) is 40.3 Å². The van der Waals surface area contributed by atoms with Gasteiger partial charge in [0.1, 0.15) is 0 Å². The molecule has 6 nitrogen and oxygen atoms in total. The number of aliphatic hydroxyl groups is 1. The number of carbonyl (C=O) groups excluding carboxylic acids is 2. The second kappa shape index (κ2) is 6.36. The number of anilines is 1. The molecule has 2 N–H and O–H groups in total. The van der Waals surface area contributed by atoms with Crippen molar-refractivity contribution in [2.75, 3.05) is 5.32 Å². The van der Waals surface area contributed by atoms with E-state index in [1.54, 1.807) is 25.1 Å². The maximum absolute atomic E-state index is 12.4. The summed E-state index contributed by atoms with van der Waals surface area (Å²) in [4.78, 5) is 24.7. The molecule has 1 aromatic rings. The largest absolute Gasteiger partial charge is 0.480 e. The highest BCUT2D eigenvalue weighted by molar-refractivity contribution is 6.34. The van der Waals surface area contributed by atoms with Crippen LogP contribution in [0, 0.1) is 6.92 Å². The third-order valence-electron chi connectivity index (χ3n) is 4.28. The van der Waals surface area contributed by atoms with Crippen LogP contribution in [0.4, 0.5) is 5.69 Å². The molecule has 1 aliphatic heterocycles. The molecule has 128 valence electrons. The molecular weight excluding hydrogens is 334 g/mol. The van der Waals surface area contributed by atoms with E-state index in [4.69, 9.17) is 21.1 Å². The van der Waals surface area contributed by atoms with Crippen LogP contribution in [0.1, 0.15) is 37.7 Å². The maximum atomic E-state index is 12.4. The normalized spacial score (nSPS) is 19.7. The lowest BCUT2D eigenvalue weighted by Crippen LogP contribution is -2.45. The summed E-state index contributed by atoms with van der Waals surface area (Å²) in [5.74, 6) is -3.55. The second-order valence-corrected chi connectivity index (χ2v) is 6.44. The summed E-state index contributed by atoms with van der Waals surface area (Å²) >= 11 is 6.06. The first-order valence-electron chi connectivity index (χ1n) is 7.84. The molecule has 3 rings (SSSR count). The Morgan fingerprint density at radius 1 is 1.25 bits per heavy atom. The van der Waals surface area contributed by atoms with Gasteiger partial charge in [0.05, 0.1) is 10.7 Å². The first-order chi connectivity index (χ1) is 11.4. The van der Waals surface area contributed by atoms with E-state index in [-0.39, 0.29) is 0 Å². The molecule has 1 aliphatic carbocycles. The average Bonchev–Trinajstić information content (AvgIpc) is 2.51. The number of hydrogen-bond donors (Lipinski definition) is 2. The number of benzene rings is 1. The van der Waals surface area contributed by atoms with Crippen LogP contribution in [-0.4, -0.2) is 22.8 Å². The highest BCUT2D eigenvalue weighted by Crippen LogP contribution is 2.38. The first-order valence-corrected chi connectivity index (χ1v) is 8.22. The van der Waals surface area contributed by atoms with Crippen LogP contribution in [0.15, 0.2) is 29.7 Å². The van der Waals surface area contributed by atoms with Crippen LogP contribution in [0.5, 0.6) is 0 Å². The van der Waals surface area contributed by atoms with Crippen molar-refractivity contribution in [1.29, 1.82) is 0 Å². The Morgan fingerprint density at radius 2 is 1.96 bits per heavy atom. The fourth-order valence-corrected chi connectivity index (χ4v) is 3.28. The highest BCUT2D eigenvalue weighted by Gasteiger charge is 2.46. The molecule has 1 amide bonds. The standard InChI is InChI=1S/C17H18ClNO5/c1-10-6-5-7-11(18)13(10)19-14(20)12-15(21)23-17(24-16(12)22)8-3-2-4-9-17/h5-7,21H,2-4,8-9H2,1H3,(H,19,20). The predicted octanol–water partition coefficient (Wildman–Crippen LogP) is 3.59. The van der Waals surface area contributed by atoms with Crippen molar-refractivity contribution in [3.8, 4) is 0 Å². The summed E-state index contributed by atoms with van der Waals surface area (Å²) in [6.45, 7) is 1.77. The van der Waals surface area contributed by atoms with Crippen molar-refractivity contribution < 1.29 is 24.2 Å². The molecule has 1 fully saturated rings. The Morgan fingerprint density at radius 3 is 2.58 bits per heavy atom. The predicted molar refractivity (Wildman–Crippen MR) is 87.5 cm³/mol. The van der Waals surface area contributed by atoms with Gasteiger partial charge in [-0.25, -0.2) is 4.79 Å². The van der Waals surface area contributed by atoms with Gasteiger partial charge in [0, 0.05) is 12.8 Å². The minimum absolute atomic E-state index is 0.331. The molecular formula is C17H18ClNO5. The molecule has 24 heavy (non-hydrogen) atoms. The van der Waals surface area contributed by atoms with Crippen LogP contribution < -0.4 is 5.32 Å². The Bertz CT molecular complexity index is 701. The third kappa shape index (κ3) is 3.06. The van der Waals surface area contributed by atoms with Crippen LogP contribution in [0.25, 0.3) is 0 Å². The van der Waals surface area contributed by atoms with Gasteiger partial charge in [-0.3, -0.25) is 4.79 Å². The first kappa shape index (κ1) is 16.6. The minimum Gasteiger partial charge on any atom is -0.480 e. The zero-order valence-corrected chi connectivity index (χ0v) is 14.0. The summed E-state index contributed by atoms with van der Waals surface area (Å²) in [6, 6.07) is 5.13. The third-order valence-corrected chi connectivity index (χ3v) is 4.60. The fraction of sp³-hybridized carbons (Fsp3) is 0.412. The summed E-state index contributed by atoms with van der Waals surface area (Å²) in [5.41, 5.74) is 0.547. The number of para-hydroxylation sites is 1. The zero-order chi connectivity index (χ0) is 17.3. The van der Waals surface area contributed by atoms with E-state index in [9.17, 15) is 14.7 Å². The number of nitrogens with one attached hydrogen (secondary N) is 1. The van der Waals surface area contributed by atoms with Crippen LogP contribution >= 0.6 is 11.6 Å². The van der Waals surface area contributed by atoms with Gasteiger partial charge in [-0.1, -0.05) is 30.2 Å². The van der Waals surface area contributed by atoms with Crippen molar-refractivity contribution in [2.45, 2.75) is 44.8 Å². The van der Waals surface area contributed by atoms with Crippen molar-refractivity contribution in [3.63, 3.8) is 0 Å². The fourth-order valence-electron chi connectivity index (χ4n) is 3.01. The van der Waals surface area contributed by atoms with E-state index < -0.39 is 29.2 Å². The number of hydrogen-bond acceptors (Lipinski definition) is 5. The molecule has 0 unspecified atom stereocenters. The molecule has 0 aromatic heterocycles. The summed E-state index contributed by atoms with van der Waals surface area (Å²) in [6.07, 6.45) is 3.69. The molecule has 2 aliphatic rings. The smallest absolute Gasteiger partial charge is 0.354 e. The number of amides is 1. The van der Waals surface area contributed by atoms with Gasteiger partial charge in [-0.15, -0.1) is 0 Å². The van der Waals surface area contributed by atoms with Crippen molar-refractivity contribution in [1.82, 2.24) is 0 Å². The number of rotatable bonds is 2. The van der Waals surface area contributed by atoms with E-state index in [2.05, 4.69) is 5.32 Å². The molecule has 0 bridgehead atoms. The van der Waals surface area contributed by atoms with E-state index in [1.165, 1.54) is 0 Å². The van der Waals surface area contributed by atoms with Crippen LogP contribution in [0.2, 0.25) is 5.02 Å².